The standard InChI is InChI=1S/C14H17Cl2NO3S/c1-10-5-3-2-4-8-17(10)14(18)11-6-7-12(15)13(9-11)21(16,19)20/h6-7,9-10H,2-5,8H2,1H3. The Morgan fingerprint density at radius 3 is 2.67 bits per heavy atom. The molecule has 0 saturated carbocycles. The van der Waals surface area contributed by atoms with Crippen LogP contribution in [0.5, 0.6) is 0 Å². The highest BCUT2D eigenvalue weighted by Gasteiger charge is 2.25. The summed E-state index contributed by atoms with van der Waals surface area (Å²) in [5, 5.41) is 0.0189. The fourth-order valence-electron chi connectivity index (χ4n) is 2.57. The Hall–Kier alpha value is -0.780. The van der Waals surface area contributed by atoms with E-state index in [0.717, 1.165) is 25.7 Å². The second kappa shape index (κ2) is 6.55. The van der Waals surface area contributed by atoms with E-state index < -0.39 is 9.05 Å². The Balaban J connectivity index is 2.35. The molecule has 1 amide bonds. The second-order valence-corrected chi connectivity index (χ2v) is 8.22. The van der Waals surface area contributed by atoms with E-state index in [1.807, 2.05) is 6.92 Å². The predicted octanol–water partition coefficient (Wildman–Crippen LogP) is 3.67. The van der Waals surface area contributed by atoms with Crippen LogP contribution in [0.4, 0.5) is 0 Å². The van der Waals surface area contributed by atoms with Crippen molar-refractivity contribution in [3.8, 4) is 0 Å². The lowest BCUT2D eigenvalue weighted by molar-refractivity contribution is 0.0697. The molecule has 1 heterocycles. The van der Waals surface area contributed by atoms with Gasteiger partial charge in [0.25, 0.3) is 15.0 Å². The maximum Gasteiger partial charge on any atom is 0.262 e. The normalized spacial score (nSPS) is 20.1. The minimum absolute atomic E-state index is 0.0189. The molecule has 0 radical (unpaired) electrons. The van der Waals surface area contributed by atoms with Crippen LogP contribution in [0.3, 0.4) is 0 Å². The van der Waals surface area contributed by atoms with Crippen LogP contribution in [0.1, 0.15) is 43.0 Å². The average molecular weight is 350 g/mol. The number of halogens is 2. The molecule has 1 aliphatic rings. The smallest absolute Gasteiger partial charge is 0.262 e. The maximum atomic E-state index is 12.6. The van der Waals surface area contributed by atoms with Crippen LogP contribution >= 0.6 is 22.3 Å². The first-order valence-corrected chi connectivity index (χ1v) is 9.54. The van der Waals surface area contributed by atoms with Gasteiger partial charge in [-0.3, -0.25) is 4.79 Å². The molecule has 0 bridgehead atoms. The molecule has 0 aromatic heterocycles. The van der Waals surface area contributed by atoms with Crippen LogP contribution in [-0.2, 0) is 9.05 Å². The van der Waals surface area contributed by atoms with E-state index in [1.165, 1.54) is 18.2 Å². The van der Waals surface area contributed by atoms with E-state index >= 15 is 0 Å². The monoisotopic (exact) mass is 349 g/mol. The third-order valence-electron chi connectivity index (χ3n) is 3.75. The topological polar surface area (TPSA) is 54.5 Å². The summed E-state index contributed by atoms with van der Waals surface area (Å²) in [5.74, 6) is -0.178. The molecular weight excluding hydrogens is 333 g/mol. The van der Waals surface area contributed by atoms with Gasteiger partial charge in [0.1, 0.15) is 4.90 Å². The molecule has 1 saturated heterocycles. The molecule has 21 heavy (non-hydrogen) atoms. The fourth-order valence-corrected chi connectivity index (χ4v) is 4.06. The van der Waals surface area contributed by atoms with Crippen molar-refractivity contribution in [1.29, 1.82) is 0 Å². The highest BCUT2D eigenvalue weighted by molar-refractivity contribution is 8.13. The summed E-state index contributed by atoms with van der Waals surface area (Å²) in [6, 6.07) is 4.33. The third kappa shape index (κ3) is 3.90. The summed E-state index contributed by atoms with van der Waals surface area (Å²) < 4.78 is 23.0. The van der Waals surface area contributed by atoms with Gasteiger partial charge in [-0.2, -0.15) is 0 Å². The minimum atomic E-state index is -3.97. The maximum absolute atomic E-state index is 12.6. The van der Waals surface area contributed by atoms with Gasteiger partial charge >= 0.3 is 0 Å². The molecule has 116 valence electrons. The van der Waals surface area contributed by atoms with Crippen LogP contribution in [-0.4, -0.2) is 31.8 Å². The third-order valence-corrected chi connectivity index (χ3v) is 5.56. The Morgan fingerprint density at radius 1 is 1.29 bits per heavy atom. The number of carbonyl (C=O) groups is 1. The van der Waals surface area contributed by atoms with E-state index in [1.54, 1.807) is 4.90 Å². The van der Waals surface area contributed by atoms with Crippen molar-refractivity contribution in [2.75, 3.05) is 6.54 Å². The number of carbonyl (C=O) groups excluding carboxylic acids is 1. The van der Waals surface area contributed by atoms with Gasteiger partial charge in [-0.05, 0) is 38.0 Å². The summed E-state index contributed by atoms with van der Waals surface area (Å²) in [6.07, 6.45) is 4.13. The molecule has 0 spiro atoms. The van der Waals surface area contributed by atoms with Crippen molar-refractivity contribution in [2.45, 2.75) is 43.5 Å². The number of rotatable bonds is 2. The lowest BCUT2D eigenvalue weighted by Crippen LogP contribution is -2.38. The zero-order valence-corrected chi connectivity index (χ0v) is 14.0. The van der Waals surface area contributed by atoms with Gasteiger partial charge in [0, 0.05) is 28.8 Å². The van der Waals surface area contributed by atoms with E-state index in [-0.39, 0.29) is 21.9 Å². The summed E-state index contributed by atoms with van der Waals surface area (Å²) in [5.41, 5.74) is 0.298. The van der Waals surface area contributed by atoms with Gasteiger partial charge < -0.3 is 4.90 Å². The van der Waals surface area contributed by atoms with Gasteiger partial charge in [-0.1, -0.05) is 24.4 Å². The summed E-state index contributed by atoms with van der Waals surface area (Å²) in [4.78, 5) is 14.2. The number of benzene rings is 1. The van der Waals surface area contributed by atoms with E-state index in [2.05, 4.69) is 0 Å². The van der Waals surface area contributed by atoms with Crippen molar-refractivity contribution in [1.82, 2.24) is 4.90 Å². The largest absolute Gasteiger partial charge is 0.336 e. The highest BCUT2D eigenvalue weighted by Crippen LogP contribution is 2.27. The first-order valence-electron chi connectivity index (χ1n) is 6.86. The Kier molecular flexibility index (Phi) is 5.17. The predicted molar refractivity (Wildman–Crippen MR) is 83.5 cm³/mol. The quantitative estimate of drug-likeness (QED) is 0.765. The van der Waals surface area contributed by atoms with Crippen molar-refractivity contribution in [3.05, 3.63) is 28.8 Å². The molecule has 1 aromatic carbocycles. The Morgan fingerprint density at radius 2 is 2.00 bits per heavy atom. The number of nitrogens with zero attached hydrogens (tertiary/aromatic N) is 1. The molecule has 1 atom stereocenters. The lowest BCUT2D eigenvalue weighted by Gasteiger charge is -2.27. The van der Waals surface area contributed by atoms with Crippen molar-refractivity contribution >= 4 is 37.2 Å². The molecule has 1 fully saturated rings. The minimum Gasteiger partial charge on any atom is -0.336 e. The van der Waals surface area contributed by atoms with Crippen LogP contribution in [0, 0.1) is 0 Å². The van der Waals surface area contributed by atoms with Gasteiger partial charge in [0.05, 0.1) is 5.02 Å². The zero-order chi connectivity index (χ0) is 15.6. The number of hydrogen-bond acceptors (Lipinski definition) is 3. The molecule has 1 aromatic rings. The number of likely N-dealkylation sites (tertiary alicyclic amines) is 1. The summed E-state index contributed by atoms with van der Waals surface area (Å²) in [6.45, 7) is 2.70. The molecule has 0 N–H and O–H groups in total. The van der Waals surface area contributed by atoms with E-state index in [4.69, 9.17) is 22.3 Å². The van der Waals surface area contributed by atoms with Crippen molar-refractivity contribution in [2.24, 2.45) is 0 Å². The molecule has 4 nitrogen and oxygen atoms in total. The molecule has 1 aliphatic heterocycles. The Bertz CT molecular complexity index is 646. The average Bonchev–Trinajstić information content (AvgIpc) is 2.62. The number of hydrogen-bond donors (Lipinski definition) is 0. The summed E-state index contributed by atoms with van der Waals surface area (Å²) >= 11 is 5.84. The highest BCUT2D eigenvalue weighted by atomic mass is 35.7. The first kappa shape index (κ1) is 16.6. The molecule has 7 heteroatoms. The second-order valence-electron chi connectivity index (χ2n) is 5.28. The van der Waals surface area contributed by atoms with E-state index in [9.17, 15) is 13.2 Å². The first-order chi connectivity index (χ1) is 9.80. The fraction of sp³-hybridized carbons (Fsp3) is 0.500. The molecule has 1 unspecified atom stereocenters. The van der Waals surface area contributed by atoms with Crippen LogP contribution in [0.25, 0.3) is 0 Å². The van der Waals surface area contributed by atoms with Gasteiger partial charge in [-0.15, -0.1) is 0 Å². The van der Waals surface area contributed by atoms with Gasteiger partial charge in [0.2, 0.25) is 0 Å². The van der Waals surface area contributed by atoms with Crippen molar-refractivity contribution in [3.63, 3.8) is 0 Å². The Labute approximate surface area is 134 Å². The van der Waals surface area contributed by atoms with Crippen LogP contribution in [0.2, 0.25) is 5.02 Å². The molecule has 2 rings (SSSR count). The molecular formula is C14H17Cl2NO3S. The van der Waals surface area contributed by atoms with Gasteiger partial charge in [-0.25, -0.2) is 8.42 Å². The van der Waals surface area contributed by atoms with Gasteiger partial charge in [0.15, 0.2) is 0 Å². The van der Waals surface area contributed by atoms with Crippen molar-refractivity contribution < 1.29 is 13.2 Å². The zero-order valence-electron chi connectivity index (χ0n) is 11.7. The SMILES string of the molecule is CC1CCCCCN1C(=O)c1ccc(Cl)c(S(=O)(=O)Cl)c1. The summed E-state index contributed by atoms with van der Waals surface area (Å²) in [7, 11) is 1.37. The van der Waals surface area contributed by atoms with Crippen LogP contribution in [0.15, 0.2) is 23.1 Å². The van der Waals surface area contributed by atoms with E-state index in [0.29, 0.717) is 12.1 Å². The van der Waals surface area contributed by atoms with Crippen LogP contribution < -0.4 is 0 Å². The lowest BCUT2D eigenvalue weighted by atomic mass is 10.1. The molecule has 0 aliphatic carbocycles. The number of amides is 1.